The molecule has 0 fully saturated rings. The Balaban J connectivity index is 1.51. The van der Waals surface area contributed by atoms with Crippen LogP contribution in [0.4, 0.5) is 5.69 Å². The van der Waals surface area contributed by atoms with Crippen molar-refractivity contribution >= 4 is 28.1 Å². The molecule has 3 heterocycles. The van der Waals surface area contributed by atoms with Crippen molar-refractivity contribution < 1.29 is 9.34 Å². The fourth-order valence-corrected chi connectivity index (χ4v) is 3.92. The Kier molecular flexibility index (Phi) is 4.22. The van der Waals surface area contributed by atoms with Crippen LogP contribution in [0.15, 0.2) is 75.9 Å². The summed E-state index contributed by atoms with van der Waals surface area (Å²) >= 11 is 1.22. The number of nitro groups is 1. The van der Waals surface area contributed by atoms with Crippen LogP contribution in [0, 0.1) is 10.1 Å². The Morgan fingerprint density at radius 3 is 2.60 bits per heavy atom. The Hall–Kier alpha value is -4.11. The molecule has 3 aromatic heterocycles. The number of nitro benzene ring substituents is 1. The molecule has 0 atom stereocenters. The zero-order valence-electron chi connectivity index (χ0n) is 15.3. The maximum absolute atomic E-state index is 12.7. The van der Waals surface area contributed by atoms with Gasteiger partial charge in [0.2, 0.25) is 4.96 Å². The number of fused-ring (bicyclic) bond motifs is 1. The largest absolute Gasteiger partial charge is 0.457 e. The lowest BCUT2D eigenvalue weighted by Crippen LogP contribution is -2.23. The fourth-order valence-electron chi connectivity index (χ4n) is 3.03. The Morgan fingerprint density at radius 1 is 1.03 bits per heavy atom. The standard InChI is InChI=1S/C21H12N4O4S/c26-20-18(30-21-22-19(23-24(20)21)13-5-2-1-3-6-13)12-16-9-10-17(29-16)14-7-4-8-15(11-14)25(27)28/h1-12H/b18-12-. The molecule has 0 bridgehead atoms. The maximum Gasteiger partial charge on any atom is 0.291 e. The molecule has 9 heteroatoms. The van der Waals surface area contributed by atoms with Gasteiger partial charge >= 0.3 is 0 Å². The van der Waals surface area contributed by atoms with Crippen LogP contribution in [0.25, 0.3) is 33.7 Å². The van der Waals surface area contributed by atoms with E-state index >= 15 is 0 Å². The topological polar surface area (TPSA) is 104 Å². The summed E-state index contributed by atoms with van der Waals surface area (Å²) < 4.78 is 7.48. The van der Waals surface area contributed by atoms with E-state index in [0.717, 1.165) is 5.56 Å². The van der Waals surface area contributed by atoms with Gasteiger partial charge in [0.05, 0.1) is 4.92 Å². The molecule has 0 amide bonds. The first kappa shape index (κ1) is 18.0. The number of non-ortho nitro benzene ring substituents is 1. The third-order valence-electron chi connectivity index (χ3n) is 4.46. The predicted octanol–water partition coefficient (Wildman–Crippen LogP) is 3.53. The minimum Gasteiger partial charge on any atom is -0.457 e. The number of benzene rings is 2. The summed E-state index contributed by atoms with van der Waals surface area (Å²) in [6.45, 7) is 0. The number of hydrogen-bond donors (Lipinski definition) is 0. The molecule has 0 aliphatic carbocycles. The number of rotatable bonds is 4. The van der Waals surface area contributed by atoms with Crippen molar-refractivity contribution in [1.29, 1.82) is 0 Å². The van der Waals surface area contributed by atoms with Gasteiger partial charge in [0.25, 0.3) is 11.2 Å². The number of nitrogens with zero attached hydrogens (tertiary/aromatic N) is 4. The van der Waals surface area contributed by atoms with E-state index in [0.29, 0.717) is 32.4 Å². The van der Waals surface area contributed by atoms with E-state index in [1.807, 2.05) is 30.3 Å². The average molecular weight is 416 g/mol. The average Bonchev–Trinajstić information content (AvgIpc) is 3.47. The van der Waals surface area contributed by atoms with Crippen LogP contribution in [0.3, 0.4) is 0 Å². The molecular weight excluding hydrogens is 404 g/mol. The highest BCUT2D eigenvalue weighted by molar-refractivity contribution is 7.15. The summed E-state index contributed by atoms with van der Waals surface area (Å²) in [6.07, 6.45) is 1.62. The summed E-state index contributed by atoms with van der Waals surface area (Å²) in [5.74, 6) is 1.43. The smallest absolute Gasteiger partial charge is 0.291 e. The lowest BCUT2D eigenvalue weighted by atomic mass is 10.1. The zero-order valence-corrected chi connectivity index (χ0v) is 16.1. The van der Waals surface area contributed by atoms with Crippen molar-refractivity contribution in [3.63, 3.8) is 0 Å². The SMILES string of the molecule is O=c1/c(=C/c2ccc(-c3cccc([N+](=O)[O-])c3)o2)sc2nc(-c3ccccc3)nn12. The normalized spacial score (nSPS) is 11.9. The molecule has 0 saturated heterocycles. The Bertz CT molecular complexity index is 1500. The summed E-state index contributed by atoms with van der Waals surface area (Å²) in [5.41, 5.74) is 1.13. The monoisotopic (exact) mass is 416 g/mol. The van der Waals surface area contributed by atoms with E-state index in [4.69, 9.17) is 4.42 Å². The van der Waals surface area contributed by atoms with Crippen LogP contribution in [-0.4, -0.2) is 19.5 Å². The van der Waals surface area contributed by atoms with E-state index in [9.17, 15) is 14.9 Å². The summed E-state index contributed by atoms with van der Waals surface area (Å²) in [5, 5.41) is 15.3. The highest BCUT2D eigenvalue weighted by atomic mass is 32.1. The quantitative estimate of drug-likeness (QED) is 0.328. The highest BCUT2D eigenvalue weighted by Crippen LogP contribution is 2.26. The lowest BCUT2D eigenvalue weighted by Gasteiger charge is -1.96. The molecular formula is C21H12N4O4S. The van der Waals surface area contributed by atoms with Crippen molar-refractivity contribution in [2.45, 2.75) is 0 Å². The van der Waals surface area contributed by atoms with Crippen molar-refractivity contribution in [1.82, 2.24) is 14.6 Å². The van der Waals surface area contributed by atoms with E-state index in [-0.39, 0.29) is 11.2 Å². The molecule has 0 unspecified atom stereocenters. The second-order valence-electron chi connectivity index (χ2n) is 6.42. The molecule has 0 saturated carbocycles. The lowest BCUT2D eigenvalue weighted by molar-refractivity contribution is -0.384. The second kappa shape index (κ2) is 7.05. The minimum atomic E-state index is -0.457. The molecule has 30 heavy (non-hydrogen) atoms. The highest BCUT2D eigenvalue weighted by Gasteiger charge is 2.13. The van der Waals surface area contributed by atoms with Crippen molar-refractivity contribution in [2.75, 3.05) is 0 Å². The van der Waals surface area contributed by atoms with Gasteiger partial charge in [0.15, 0.2) is 5.82 Å². The van der Waals surface area contributed by atoms with Crippen LogP contribution in [0.1, 0.15) is 5.76 Å². The Morgan fingerprint density at radius 2 is 1.83 bits per heavy atom. The van der Waals surface area contributed by atoms with Gasteiger partial charge in [-0.15, -0.1) is 5.10 Å². The van der Waals surface area contributed by atoms with Crippen molar-refractivity contribution in [3.8, 4) is 22.7 Å². The van der Waals surface area contributed by atoms with E-state index in [1.165, 1.54) is 28.0 Å². The first-order valence-electron chi connectivity index (χ1n) is 8.90. The predicted molar refractivity (Wildman–Crippen MR) is 112 cm³/mol. The summed E-state index contributed by atoms with van der Waals surface area (Å²) in [4.78, 5) is 28.1. The van der Waals surface area contributed by atoms with Crippen LogP contribution in [0.5, 0.6) is 0 Å². The molecule has 5 aromatic rings. The number of aromatic nitrogens is 3. The van der Waals surface area contributed by atoms with Crippen LogP contribution >= 0.6 is 11.3 Å². The summed E-state index contributed by atoms with van der Waals surface area (Å²) in [6, 6.07) is 19.0. The first-order valence-corrected chi connectivity index (χ1v) is 9.71. The van der Waals surface area contributed by atoms with E-state index in [1.54, 1.807) is 30.3 Å². The van der Waals surface area contributed by atoms with E-state index < -0.39 is 4.92 Å². The minimum absolute atomic E-state index is 0.0175. The maximum atomic E-state index is 12.7. The third kappa shape index (κ3) is 3.16. The number of hydrogen-bond acceptors (Lipinski definition) is 7. The van der Waals surface area contributed by atoms with Gasteiger partial charge in [-0.1, -0.05) is 53.8 Å². The first-order chi connectivity index (χ1) is 14.6. The second-order valence-corrected chi connectivity index (χ2v) is 7.43. The molecule has 5 rings (SSSR count). The third-order valence-corrected chi connectivity index (χ3v) is 5.41. The summed E-state index contributed by atoms with van der Waals surface area (Å²) in [7, 11) is 0. The van der Waals surface area contributed by atoms with Gasteiger partial charge in [-0.05, 0) is 12.1 Å². The molecule has 8 nitrogen and oxygen atoms in total. The van der Waals surface area contributed by atoms with Gasteiger partial charge in [-0.2, -0.15) is 9.50 Å². The van der Waals surface area contributed by atoms with Gasteiger partial charge in [0.1, 0.15) is 16.1 Å². The van der Waals surface area contributed by atoms with Gasteiger partial charge in [-0.25, -0.2) is 0 Å². The van der Waals surface area contributed by atoms with Crippen LogP contribution in [0.2, 0.25) is 0 Å². The van der Waals surface area contributed by atoms with Crippen LogP contribution in [-0.2, 0) is 0 Å². The molecule has 0 aliphatic heterocycles. The van der Waals surface area contributed by atoms with Gasteiger partial charge < -0.3 is 4.42 Å². The molecule has 0 spiro atoms. The van der Waals surface area contributed by atoms with Crippen molar-refractivity contribution in [2.24, 2.45) is 0 Å². The molecule has 0 radical (unpaired) electrons. The zero-order chi connectivity index (χ0) is 20.7. The van der Waals surface area contributed by atoms with Crippen molar-refractivity contribution in [3.05, 3.63) is 97.5 Å². The Labute approximate surface area is 172 Å². The molecule has 2 aromatic carbocycles. The molecule has 0 aliphatic rings. The van der Waals surface area contributed by atoms with E-state index in [2.05, 4.69) is 10.1 Å². The van der Waals surface area contributed by atoms with Gasteiger partial charge in [0, 0.05) is 29.3 Å². The van der Waals surface area contributed by atoms with Gasteiger partial charge in [-0.3, -0.25) is 14.9 Å². The van der Waals surface area contributed by atoms with Crippen LogP contribution < -0.4 is 10.1 Å². The fraction of sp³-hybridized carbons (Fsp3) is 0. The molecule has 146 valence electrons. The molecule has 0 N–H and O–H groups in total. The number of thiazole rings is 1. The number of furan rings is 1.